The largest absolute Gasteiger partial charge is 0.492 e. The van der Waals surface area contributed by atoms with E-state index in [1.54, 1.807) is 0 Å². The summed E-state index contributed by atoms with van der Waals surface area (Å²) in [5.41, 5.74) is 0. The molecule has 12 heavy (non-hydrogen) atoms. The molecular formula is C6H12BF3NO-. The number of nitrogens with zero attached hydrogens (tertiary/aromatic N) is 1. The summed E-state index contributed by atoms with van der Waals surface area (Å²) in [6.07, 6.45) is -0.122. The predicted molar refractivity (Wildman–Crippen MR) is 40.8 cm³/mol. The van der Waals surface area contributed by atoms with E-state index >= 15 is 0 Å². The fraction of sp³-hybridized carbons (Fsp3) is 1.00. The first-order chi connectivity index (χ1) is 5.47. The van der Waals surface area contributed by atoms with E-state index in [9.17, 15) is 12.9 Å². The molecule has 0 bridgehead atoms. The number of rotatable bonds is 2. The fourth-order valence-corrected chi connectivity index (χ4v) is 1.49. The molecule has 1 fully saturated rings. The molecule has 0 aromatic heterocycles. The van der Waals surface area contributed by atoms with Gasteiger partial charge in [0.25, 0.3) is 0 Å². The van der Waals surface area contributed by atoms with Crippen molar-refractivity contribution >= 4 is 6.98 Å². The number of hydrogen-bond acceptors (Lipinski definition) is 2. The van der Waals surface area contributed by atoms with E-state index in [0.29, 0.717) is 19.4 Å². The van der Waals surface area contributed by atoms with E-state index in [4.69, 9.17) is 5.11 Å². The maximum absolute atomic E-state index is 11.9. The molecule has 1 atom stereocenters. The van der Waals surface area contributed by atoms with Crippen molar-refractivity contribution in [3.63, 3.8) is 0 Å². The van der Waals surface area contributed by atoms with Crippen LogP contribution in [0, 0.1) is 0 Å². The average molecular weight is 182 g/mol. The molecule has 0 amide bonds. The van der Waals surface area contributed by atoms with Crippen molar-refractivity contribution in [1.82, 2.24) is 4.90 Å². The van der Waals surface area contributed by atoms with Crippen LogP contribution in [0.25, 0.3) is 0 Å². The van der Waals surface area contributed by atoms with Crippen molar-refractivity contribution < 1.29 is 18.1 Å². The highest BCUT2D eigenvalue weighted by Gasteiger charge is 2.28. The van der Waals surface area contributed by atoms with Crippen LogP contribution in [0.3, 0.4) is 0 Å². The summed E-state index contributed by atoms with van der Waals surface area (Å²) >= 11 is 0. The minimum Gasteiger partial charge on any atom is -0.448 e. The third kappa shape index (κ3) is 3.45. The summed E-state index contributed by atoms with van der Waals surface area (Å²) in [5, 5.41) is 9.07. The van der Waals surface area contributed by atoms with E-state index < -0.39 is 19.5 Å². The van der Waals surface area contributed by atoms with Gasteiger partial charge in [-0.1, -0.05) is 0 Å². The number of hydrogen-bond donors (Lipinski definition) is 1. The molecule has 0 saturated carbocycles. The normalized spacial score (nSPS) is 27.5. The molecule has 1 N–H and O–H groups in total. The highest BCUT2D eigenvalue weighted by molar-refractivity contribution is 6.58. The number of halogens is 3. The Kier molecular flexibility index (Phi) is 3.01. The molecule has 6 heteroatoms. The molecule has 1 rings (SSSR count). The molecule has 1 heterocycles. The quantitative estimate of drug-likeness (QED) is 0.639. The van der Waals surface area contributed by atoms with Crippen molar-refractivity contribution in [1.29, 1.82) is 0 Å². The maximum Gasteiger partial charge on any atom is 0.492 e. The molecule has 1 aliphatic rings. The van der Waals surface area contributed by atoms with E-state index in [-0.39, 0.29) is 6.54 Å². The van der Waals surface area contributed by atoms with Gasteiger partial charge in [0.1, 0.15) is 0 Å². The standard InChI is InChI=1S/C6H12BF3NO/c8-7(9,10)5-11-3-1-2-6(12)4-11/h6,12H,1-5H2/q-1/t6-/m0/s1. The van der Waals surface area contributed by atoms with Crippen LogP contribution in [0.5, 0.6) is 0 Å². The van der Waals surface area contributed by atoms with Crippen LogP contribution in [-0.4, -0.2) is 42.6 Å². The Morgan fingerprint density at radius 1 is 1.42 bits per heavy atom. The summed E-state index contributed by atoms with van der Waals surface area (Å²) in [6.45, 7) is -4.11. The van der Waals surface area contributed by atoms with Gasteiger partial charge in [-0.2, -0.15) is 0 Å². The molecule has 72 valence electrons. The van der Waals surface area contributed by atoms with Crippen molar-refractivity contribution in [2.24, 2.45) is 0 Å². The SMILES string of the molecule is O[C@H]1CCCN(C[B-](F)(F)F)C1. The first-order valence-electron chi connectivity index (χ1n) is 4.09. The van der Waals surface area contributed by atoms with Gasteiger partial charge in [-0.25, -0.2) is 0 Å². The number of likely N-dealkylation sites (tertiary alicyclic amines) is 1. The molecule has 0 spiro atoms. The van der Waals surface area contributed by atoms with Crippen LogP contribution >= 0.6 is 0 Å². The first kappa shape index (κ1) is 9.86. The van der Waals surface area contributed by atoms with Crippen LogP contribution in [0.2, 0.25) is 0 Å². The molecule has 0 radical (unpaired) electrons. The number of piperidine rings is 1. The van der Waals surface area contributed by atoms with Gasteiger partial charge >= 0.3 is 6.98 Å². The van der Waals surface area contributed by atoms with Gasteiger partial charge in [-0.15, -0.1) is 0 Å². The Balaban J connectivity index is 2.32. The van der Waals surface area contributed by atoms with Crippen LogP contribution < -0.4 is 0 Å². The number of β-amino-alcohol motifs (C(OH)–C–C–N with tert-alkyl or cyclic N) is 1. The van der Waals surface area contributed by atoms with Gasteiger partial charge in [0.15, 0.2) is 0 Å². The average Bonchev–Trinajstić information content (AvgIpc) is 1.82. The number of aliphatic hydroxyl groups excluding tert-OH is 1. The van der Waals surface area contributed by atoms with Crippen molar-refractivity contribution in [2.45, 2.75) is 18.9 Å². The van der Waals surface area contributed by atoms with E-state index in [1.165, 1.54) is 4.90 Å². The summed E-state index contributed by atoms with van der Waals surface area (Å²) < 4.78 is 35.7. The van der Waals surface area contributed by atoms with Crippen molar-refractivity contribution in [3.8, 4) is 0 Å². The summed E-state index contributed by atoms with van der Waals surface area (Å²) in [4.78, 5) is 1.27. The van der Waals surface area contributed by atoms with E-state index in [2.05, 4.69) is 0 Å². The van der Waals surface area contributed by atoms with Crippen LogP contribution in [0.4, 0.5) is 12.9 Å². The summed E-state index contributed by atoms with van der Waals surface area (Å²) in [6, 6.07) is 0. The Morgan fingerprint density at radius 3 is 2.58 bits per heavy atom. The van der Waals surface area contributed by atoms with E-state index in [1.807, 2.05) is 0 Å². The van der Waals surface area contributed by atoms with Crippen LogP contribution in [0.15, 0.2) is 0 Å². The molecule has 0 aromatic rings. The lowest BCUT2D eigenvalue weighted by Gasteiger charge is -2.33. The van der Waals surface area contributed by atoms with Crippen LogP contribution in [-0.2, 0) is 0 Å². The topological polar surface area (TPSA) is 23.5 Å². The summed E-state index contributed by atoms with van der Waals surface area (Å²) in [7, 11) is 0. The second-order valence-corrected chi connectivity index (χ2v) is 3.27. The third-order valence-corrected chi connectivity index (χ3v) is 1.95. The second kappa shape index (κ2) is 3.66. The third-order valence-electron chi connectivity index (χ3n) is 1.95. The van der Waals surface area contributed by atoms with E-state index in [0.717, 1.165) is 0 Å². The smallest absolute Gasteiger partial charge is 0.448 e. The lowest BCUT2D eigenvalue weighted by atomic mass is 9.90. The van der Waals surface area contributed by atoms with Gasteiger partial charge in [0.05, 0.1) is 6.10 Å². The Labute approximate surface area is 69.4 Å². The van der Waals surface area contributed by atoms with Crippen LogP contribution in [0.1, 0.15) is 12.8 Å². The molecule has 0 aliphatic carbocycles. The van der Waals surface area contributed by atoms with Gasteiger partial charge in [0, 0.05) is 6.54 Å². The highest BCUT2D eigenvalue weighted by atomic mass is 19.4. The zero-order chi connectivity index (χ0) is 9.19. The van der Waals surface area contributed by atoms with Gasteiger partial charge < -0.3 is 23.0 Å². The van der Waals surface area contributed by atoms with Crippen molar-refractivity contribution in [3.05, 3.63) is 0 Å². The maximum atomic E-state index is 11.9. The molecule has 1 saturated heterocycles. The monoisotopic (exact) mass is 182 g/mol. The highest BCUT2D eigenvalue weighted by Crippen LogP contribution is 2.15. The molecule has 2 nitrogen and oxygen atoms in total. The summed E-state index contributed by atoms with van der Waals surface area (Å²) in [5.74, 6) is 0. The zero-order valence-corrected chi connectivity index (χ0v) is 6.72. The lowest BCUT2D eigenvalue weighted by molar-refractivity contribution is 0.0756. The second-order valence-electron chi connectivity index (χ2n) is 3.27. The fourth-order valence-electron chi connectivity index (χ4n) is 1.49. The predicted octanol–water partition coefficient (Wildman–Crippen LogP) is 0.830. The first-order valence-corrected chi connectivity index (χ1v) is 4.09. The minimum atomic E-state index is -4.73. The van der Waals surface area contributed by atoms with Gasteiger partial charge in [0.2, 0.25) is 0 Å². The van der Waals surface area contributed by atoms with Gasteiger partial charge in [-0.05, 0) is 25.8 Å². The Morgan fingerprint density at radius 2 is 2.08 bits per heavy atom. The molecular weight excluding hydrogens is 170 g/mol. The molecule has 0 unspecified atom stereocenters. The molecule has 1 aliphatic heterocycles. The zero-order valence-electron chi connectivity index (χ0n) is 6.72. The minimum absolute atomic E-state index is 0.168. The lowest BCUT2D eigenvalue weighted by Crippen LogP contribution is -2.45. The Hall–Kier alpha value is -0.225. The number of aliphatic hydroxyl groups is 1. The molecule has 0 aromatic carbocycles. The van der Waals surface area contributed by atoms with Gasteiger partial charge in [-0.3, -0.25) is 0 Å². The van der Waals surface area contributed by atoms with Crippen molar-refractivity contribution in [2.75, 3.05) is 19.5 Å². The Bertz CT molecular complexity index is 152.